The van der Waals surface area contributed by atoms with Crippen LogP contribution in [0.3, 0.4) is 0 Å². The molecular weight excluding hydrogens is 414 g/mol. The molecule has 0 bridgehead atoms. The van der Waals surface area contributed by atoms with Crippen LogP contribution >= 0.6 is 11.3 Å². The molecule has 2 aromatic heterocycles. The number of aromatic nitrogens is 2. The molecule has 4 rings (SSSR count). The molecule has 0 spiro atoms. The second-order valence-corrected chi connectivity index (χ2v) is 9.06. The van der Waals surface area contributed by atoms with Crippen LogP contribution in [0.2, 0.25) is 0 Å². The van der Waals surface area contributed by atoms with Gasteiger partial charge >= 0.3 is 11.8 Å². The molecular formula is C23H23N3O4S. The standard InChI is InChI=1S/C23H23N3O4S/c1-13(2)12-26-21-18(20(27)25(3)23(26)30)19(24-22(28)29)17(31-21)11-15-9-6-8-14-7-4-5-10-16(14)15/h4-10,13,24H,11-12H2,1-3H3,(H,28,29). The number of nitrogens with one attached hydrogen (secondary N) is 1. The zero-order chi connectivity index (χ0) is 22.3. The van der Waals surface area contributed by atoms with Gasteiger partial charge in [0.05, 0.1) is 11.1 Å². The second-order valence-electron chi connectivity index (χ2n) is 7.98. The van der Waals surface area contributed by atoms with Crippen molar-refractivity contribution in [1.29, 1.82) is 0 Å². The molecule has 0 aliphatic heterocycles. The lowest BCUT2D eigenvalue weighted by Crippen LogP contribution is -2.38. The molecule has 0 aliphatic rings. The average molecular weight is 438 g/mol. The fourth-order valence-corrected chi connectivity index (χ4v) is 5.16. The van der Waals surface area contributed by atoms with Crippen molar-refractivity contribution >= 4 is 44.1 Å². The SMILES string of the molecule is CC(C)Cn1c(=O)n(C)c(=O)c2c(NC(=O)O)c(Cc3cccc4ccccc34)sc21. The maximum absolute atomic E-state index is 13.0. The number of carbonyl (C=O) groups is 1. The van der Waals surface area contributed by atoms with Gasteiger partial charge in [-0.25, -0.2) is 9.59 Å². The summed E-state index contributed by atoms with van der Waals surface area (Å²) in [5, 5.41) is 14.3. The highest BCUT2D eigenvalue weighted by Gasteiger charge is 2.23. The Morgan fingerprint density at radius 3 is 2.55 bits per heavy atom. The molecule has 0 unspecified atom stereocenters. The molecule has 2 N–H and O–H groups in total. The van der Waals surface area contributed by atoms with E-state index in [4.69, 9.17) is 0 Å². The number of rotatable bonds is 5. The smallest absolute Gasteiger partial charge is 0.409 e. The van der Waals surface area contributed by atoms with Crippen LogP contribution in [-0.4, -0.2) is 20.3 Å². The van der Waals surface area contributed by atoms with Gasteiger partial charge in [-0.05, 0) is 22.3 Å². The number of carboxylic acid groups (broad SMARTS) is 1. The molecule has 1 amide bonds. The van der Waals surface area contributed by atoms with Gasteiger partial charge in [-0.3, -0.25) is 19.2 Å². The minimum Gasteiger partial charge on any atom is -0.465 e. The van der Waals surface area contributed by atoms with Gasteiger partial charge in [0.1, 0.15) is 4.83 Å². The summed E-state index contributed by atoms with van der Waals surface area (Å²) in [6.45, 7) is 4.42. The molecule has 0 saturated carbocycles. The predicted octanol–water partition coefficient (Wildman–Crippen LogP) is 4.25. The number of hydrogen-bond donors (Lipinski definition) is 2. The van der Waals surface area contributed by atoms with Gasteiger partial charge in [0.25, 0.3) is 5.56 Å². The Kier molecular flexibility index (Phi) is 5.41. The molecule has 0 radical (unpaired) electrons. The van der Waals surface area contributed by atoms with E-state index in [9.17, 15) is 19.5 Å². The van der Waals surface area contributed by atoms with Crippen LogP contribution in [-0.2, 0) is 20.0 Å². The number of amides is 1. The van der Waals surface area contributed by atoms with E-state index in [0.717, 1.165) is 20.9 Å². The summed E-state index contributed by atoms with van der Waals surface area (Å²) in [7, 11) is 1.42. The van der Waals surface area contributed by atoms with Gasteiger partial charge in [0.15, 0.2) is 0 Å². The number of anilines is 1. The Morgan fingerprint density at radius 2 is 1.84 bits per heavy atom. The van der Waals surface area contributed by atoms with Crippen LogP contribution in [0.25, 0.3) is 21.0 Å². The lowest BCUT2D eigenvalue weighted by Gasteiger charge is -2.11. The maximum atomic E-state index is 13.0. The van der Waals surface area contributed by atoms with Crippen molar-refractivity contribution in [3.05, 3.63) is 73.7 Å². The molecule has 0 atom stereocenters. The topological polar surface area (TPSA) is 93.3 Å². The fraction of sp³-hybridized carbons (Fsp3) is 0.261. The van der Waals surface area contributed by atoms with E-state index in [1.807, 2.05) is 56.3 Å². The number of benzene rings is 2. The number of hydrogen-bond acceptors (Lipinski definition) is 4. The van der Waals surface area contributed by atoms with Gasteiger partial charge < -0.3 is 5.11 Å². The Balaban J connectivity index is 2.00. The normalized spacial score (nSPS) is 11.5. The first kappa shape index (κ1) is 20.9. The lowest BCUT2D eigenvalue weighted by molar-refractivity contribution is 0.210. The molecule has 160 valence electrons. The molecule has 0 fully saturated rings. The summed E-state index contributed by atoms with van der Waals surface area (Å²) in [6, 6.07) is 14.0. The Hall–Kier alpha value is -3.39. The molecule has 2 heterocycles. The van der Waals surface area contributed by atoms with E-state index < -0.39 is 17.3 Å². The molecule has 31 heavy (non-hydrogen) atoms. The van der Waals surface area contributed by atoms with Gasteiger partial charge in [0, 0.05) is 24.9 Å². The van der Waals surface area contributed by atoms with Gasteiger partial charge in [-0.1, -0.05) is 56.3 Å². The lowest BCUT2D eigenvalue weighted by atomic mass is 10.0. The summed E-state index contributed by atoms with van der Waals surface area (Å²) >= 11 is 1.30. The quantitative estimate of drug-likeness (QED) is 0.488. The molecule has 7 nitrogen and oxygen atoms in total. The Bertz CT molecular complexity index is 1420. The van der Waals surface area contributed by atoms with Crippen molar-refractivity contribution in [3.63, 3.8) is 0 Å². The first-order chi connectivity index (χ1) is 14.8. The van der Waals surface area contributed by atoms with Crippen LogP contribution in [0.4, 0.5) is 10.5 Å². The largest absolute Gasteiger partial charge is 0.465 e. The van der Waals surface area contributed by atoms with Crippen LogP contribution < -0.4 is 16.6 Å². The summed E-state index contributed by atoms with van der Waals surface area (Å²) in [5.74, 6) is 0.179. The van der Waals surface area contributed by atoms with E-state index >= 15 is 0 Å². The van der Waals surface area contributed by atoms with Gasteiger partial charge in [0.2, 0.25) is 0 Å². The number of fused-ring (bicyclic) bond motifs is 2. The highest BCUT2D eigenvalue weighted by atomic mass is 32.1. The zero-order valence-electron chi connectivity index (χ0n) is 17.5. The molecule has 0 saturated heterocycles. The minimum atomic E-state index is -1.25. The minimum absolute atomic E-state index is 0.179. The van der Waals surface area contributed by atoms with Crippen molar-refractivity contribution < 1.29 is 9.90 Å². The predicted molar refractivity (Wildman–Crippen MR) is 125 cm³/mol. The highest BCUT2D eigenvalue weighted by Crippen LogP contribution is 2.36. The van der Waals surface area contributed by atoms with Crippen LogP contribution in [0.1, 0.15) is 24.3 Å². The zero-order valence-corrected chi connectivity index (χ0v) is 18.3. The maximum Gasteiger partial charge on any atom is 0.409 e. The first-order valence-electron chi connectivity index (χ1n) is 9.99. The van der Waals surface area contributed by atoms with Crippen molar-refractivity contribution in [3.8, 4) is 0 Å². The third-order valence-corrected chi connectivity index (χ3v) is 6.47. The van der Waals surface area contributed by atoms with Crippen LogP contribution in [0.15, 0.2) is 52.1 Å². The van der Waals surface area contributed by atoms with Crippen molar-refractivity contribution in [2.75, 3.05) is 5.32 Å². The van der Waals surface area contributed by atoms with E-state index in [-0.39, 0.29) is 17.0 Å². The van der Waals surface area contributed by atoms with E-state index in [2.05, 4.69) is 5.32 Å². The van der Waals surface area contributed by atoms with E-state index in [1.54, 1.807) is 4.57 Å². The summed E-state index contributed by atoms with van der Waals surface area (Å²) in [4.78, 5) is 38.6. The molecule has 4 aromatic rings. The monoisotopic (exact) mass is 437 g/mol. The summed E-state index contributed by atoms with van der Waals surface area (Å²) in [6.07, 6.45) is -0.808. The second kappa shape index (κ2) is 8.03. The number of thiophene rings is 1. The third-order valence-electron chi connectivity index (χ3n) is 5.25. The highest BCUT2D eigenvalue weighted by molar-refractivity contribution is 7.19. The third kappa shape index (κ3) is 3.74. The number of nitrogens with zero attached hydrogens (tertiary/aromatic N) is 2. The van der Waals surface area contributed by atoms with E-state index in [1.165, 1.54) is 18.4 Å². The van der Waals surface area contributed by atoms with Crippen molar-refractivity contribution in [1.82, 2.24) is 9.13 Å². The summed E-state index contributed by atoms with van der Waals surface area (Å²) < 4.78 is 2.62. The average Bonchev–Trinajstić information content (AvgIpc) is 3.07. The molecule has 8 heteroatoms. The fourth-order valence-electron chi connectivity index (χ4n) is 3.89. The van der Waals surface area contributed by atoms with Gasteiger partial charge in [-0.2, -0.15) is 0 Å². The summed E-state index contributed by atoms with van der Waals surface area (Å²) in [5.41, 5.74) is 0.390. The first-order valence-corrected chi connectivity index (χ1v) is 10.8. The van der Waals surface area contributed by atoms with Crippen LogP contribution in [0, 0.1) is 5.92 Å². The van der Waals surface area contributed by atoms with E-state index in [0.29, 0.717) is 22.7 Å². The molecule has 0 aliphatic carbocycles. The van der Waals surface area contributed by atoms with Gasteiger partial charge in [-0.15, -0.1) is 11.3 Å². The Labute approximate surface area is 182 Å². The Morgan fingerprint density at radius 1 is 1.13 bits per heavy atom. The van der Waals surface area contributed by atoms with Crippen molar-refractivity contribution in [2.24, 2.45) is 13.0 Å². The van der Waals surface area contributed by atoms with Crippen LogP contribution in [0.5, 0.6) is 0 Å². The molecule has 2 aromatic carbocycles. The van der Waals surface area contributed by atoms with Crippen molar-refractivity contribution in [2.45, 2.75) is 26.8 Å².